The van der Waals surface area contributed by atoms with E-state index < -0.39 is 17.7 Å². The van der Waals surface area contributed by atoms with E-state index in [1.165, 1.54) is 18.2 Å². The number of hydrogen-bond donors (Lipinski definition) is 1. The Balaban J connectivity index is 1.78. The number of hydrogen-bond acceptors (Lipinski definition) is 3. The van der Waals surface area contributed by atoms with Crippen molar-refractivity contribution >= 4 is 5.97 Å². The van der Waals surface area contributed by atoms with Gasteiger partial charge in [0.1, 0.15) is 31.4 Å². The third-order valence-electron chi connectivity index (χ3n) is 4.32. The zero-order valence-corrected chi connectivity index (χ0v) is 14.8. The lowest BCUT2D eigenvalue weighted by atomic mass is 10.1. The van der Waals surface area contributed by atoms with Gasteiger partial charge in [0.25, 0.3) is 0 Å². The minimum absolute atomic E-state index is 0.247. The molecule has 0 aliphatic rings. The summed E-state index contributed by atoms with van der Waals surface area (Å²) in [6.45, 7) is 1.43. The quantitative estimate of drug-likeness (QED) is 0.675. The van der Waals surface area contributed by atoms with E-state index in [1.807, 2.05) is 30.3 Å². The molecule has 1 heterocycles. The van der Waals surface area contributed by atoms with E-state index in [9.17, 15) is 23.1 Å². The van der Waals surface area contributed by atoms with Crippen LogP contribution in [0.2, 0.25) is 0 Å². The fraction of sp³-hybridized carbons (Fsp3) is 0.190. The summed E-state index contributed by atoms with van der Waals surface area (Å²) in [5.41, 5.74) is 1.10. The Morgan fingerprint density at radius 1 is 0.857 bits per heavy atom. The number of furan rings is 1. The molecule has 0 saturated heterocycles. The van der Waals surface area contributed by atoms with E-state index in [2.05, 4.69) is 0 Å². The number of carboxylic acids is 1. The molecule has 146 valence electrons. The van der Waals surface area contributed by atoms with Crippen molar-refractivity contribution in [1.29, 1.82) is 0 Å². The zero-order chi connectivity index (χ0) is 20.1. The van der Waals surface area contributed by atoms with E-state index in [1.54, 1.807) is 6.07 Å². The summed E-state index contributed by atoms with van der Waals surface area (Å²) in [7, 11) is 0. The Hall–Kier alpha value is -3.06. The van der Waals surface area contributed by atoms with E-state index in [-0.39, 0.29) is 5.76 Å². The van der Waals surface area contributed by atoms with Crippen LogP contribution in [0.1, 0.15) is 33.0 Å². The highest BCUT2D eigenvalue weighted by molar-refractivity contribution is 5.82. The van der Waals surface area contributed by atoms with Crippen LogP contribution in [-0.4, -0.2) is 5.97 Å². The van der Waals surface area contributed by atoms with Gasteiger partial charge in [0.2, 0.25) is 0 Å². The lowest BCUT2D eigenvalue weighted by molar-refractivity contribution is -0.942. The molecule has 4 nitrogen and oxygen atoms in total. The van der Waals surface area contributed by atoms with Crippen molar-refractivity contribution in [3.05, 3.63) is 94.9 Å². The molecule has 3 rings (SSSR count). The molecule has 0 aliphatic carbocycles. The number of carbonyl (C=O) groups is 1. The molecular weight excluding hydrogens is 371 g/mol. The first-order valence-corrected chi connectivity index (χ1v) is 8.65. The molecule has 0 fully saturated rings. The van der Waals surface area contributed by atoms with Crippen molar-refractivity contribution in [2.24, 2.45) is 0 Å². The van der Waals surface area contributed by atoms with Gasteiger partial charge in [-0.25, -0.2) is 0 Å². The standard InChI is InChI=1S/C21H18F3NO3/c22-21(23,24)17-8-6-16(7-9-17)13-25(12-15-4-2-1-3-5-15)14-18-10-11-19(28-18)20(26)27/h1-11H,12-14H2,(H,26,27). The molecule has 0 amide bonds. The highest BCUT2D eigenvalue weighted by atomic mass is 19.4. The van der Waals surface area contributed by atoms with Gasteiger partial charge >= 0.3 is 6.18 Å². The molecule has 0 spiro atoms. The lowest BCUT2D eigenvalue weighted by Crippen LogP contribution is -3.08. The maximum atomic E-state index is 12.8. The number of halogens is 3. The lowest BCUT2D eigenvalue weighted by Gasteiger charge is -2.19. The number of rotatable bonds is 7. The second kappa shape index (κ2) is 8.31. The molecule has 1 unspecified atom stereocenters. The number of nitrogens with one attached hydrogen (secondary N) is 1. The molecule has 1 atom stereocenters. The number of quaternary nitrogens is 1. The van der Waals surface area contributed by atoms with Gasteiger partial charge in [0.05, 0.1) is 5.56 Å². The fourth-order valence-electron chi connectivity index (χ4n) is 3.00. The van der Waals surface area contributed by atoms with E-state index in [0.29, 0.717) is 25.4 Å². The minimum atomic E-state index is -4.37. The third kappa shape index (κ3) is 5.23. The third-order valence-corrected chi connectivity index (χ3v) is 4.32. The highest BCUT2D eigenvalue weighted by Gasteiger charge is 2.30. The Labute approximate surface area is 159 Å². The summed E-state index contributed by atoms with van der Waals surface area (Å²) in [5.74, 6) is -1.17. The Bertz CT molecular complexity index is 918. The maximum Gasteiger partial charge on any atom is 0.416 e. The molecular formula is C21H18F3NO3. The van der Waals surface area contributed by atoms with Crippen molar-refractivity contribution in [2.75, 3.05) is 0 Å². The predicted octanol–water partition coefficient (Wildman–Crippen LogP) is 2.45. The van der Waals surface area contributed by atoms with Crippen LogP contribution in [0, 0.1) is 0 Å². The van der Waals surface area contributed by atoms with Crippen LogP contribution in [0.25, 0.3) is 0 Å². The first-order chi connectivity index (χ1) is 13.3. The Morgan fingerprint density at radius 3 is 2.00 bits per heavy atom. The molecule has 28 heavy (non-hydrogen) atoms. The molecule has 7 heteroatoms. The van der Waals surface area contributed by atoms with Crippen LogP contribution in [-0.2, 0) is 25.8 Å². The minimum Gasteiger partial charge on any atom is -0.542 e. The van der Waals surface area contributed by atoms with Gasteiger partial charge in [-0.1, -0.05) is 42.5 Å². The number of carboxylic acid groups (broad SMARTS) is 1. The molecule has 2 aromatic carbocycles. The van der Waals surface area contributed by atoms with Crippen LogP contribution in [0.3, 0.4) is 0 Å². The molecule has 0 radical (unpaired) electrons. The van der Waals surface area contributed by atoms with Crippen LogP contribution >= 0.6 is 0 Å². The predicted molar refractivity (Wildman–Crippen MR) is 93.0 cm³/mol. The topological polar surface area (TPSA) is 57.7 Å². The fourth-order valence-corrected chi connectivity index (χ4v) is 3.00. The summed E-state index contributed by atoms with van der Waals surface area (Å²) in [4.78, 5) is 11.9. The van der Waals surface area contributed by atoms with Crippen LogP contribution in [0.4, 0.5) is 13.2 Å². The number of alkyl halides is 3. The number of aromatic carboxylic acids is 1. The Kier molecular flexibility index (Phi) is 5.84. The summed E-state index contributed by atoms with van der Waals surface area (Å²) < 4.78 is 43.5. The average Bonchev–Trinajstić information content (AvgIpc) is 3.11. The molecule has 0 bridgehead atoms. The first kappa shape index (κ1) is 19.7. The van der Waals surface area contributed by atoms with Crippen LogP contribution < -0.4 is 10.0 Å². The van der Waals surface area contributed by atoms with Crippen molar-refractivity contribution in [3.8, 4) is 0 Å². The van der Waals surface area contributed by atoms with Crippen molar-refractivity contribution < 1.29 is 32.4 Å². The smallest absolute Gasteiger partial charge is 0.416 e. The Morgan fingerprint density at radius 2 is 1.46 bits per heavy atom. The zero-order valence-electron chi connectivity index (χ0n) is 14.8. The number of benzene rings is 2. The average molecular weight is 389 g/mol. The number of carbonyl (C=O) groups excluding carboxylic acids is 1. The summed E-state index contributed by atoms with van der Waals surface area (Å²) in [5, 5.41) is 10.9. The molecule has 1 aromatic heterocycles. The SMILES string of the molecule is O=C([O-])c1ccc(C[NH+](Cc2ccccc2)Cc2ccc(C(F)(F)F)cc2)o1. The van der Waals surface area contributed by atoms with Crippen molar-refractivity contribution in [2.45, 2.75) is 25.8 Å². The van der Waals surface area contributed by atoms with Crippen LogP contribution in [0.5, 0.6) is 0 Å². The van der Waals surface area contributed by atoms with Crippen molar-refractivity contribution in [3.63, 3.8) is 0 Å². The monoisotopic (exact) mass is 389 g/mol. The van der Waals surface area contributed by atoms with E-state index in [4.69, 9.17) is 4.42 Å². The molecule has 0 saturated carbocycles. The van der Waals surface area contributed by atoms with E-state index in [0.717, 1.165) is 28.2 Å². The molecule has 0 aliphatic heterocycles. The summed E-state index contributed by atoms with van der Waals surface area (Å²) in [6.07, 6.45) is -4.37. The molecule has 1 N–H and O–H groups in total. The largest absolute Gasteiger partial charge is 0.542 e. The summed E-state index contributed by atoms with van der Waals surface area (Å²) >= 11 is 0. The molecule has 3 aromatic rings. The van der Waals surface area contributed by atoms with Crippen molar-refractivity contribution in [1.82, 2.24) is 0 Å². The van der Waals surface area contributed by atoms with Gasteiger partial charge in [-0.15, -0.1) is 0 Å². The van der Waals surface area contributed by atoms with Gasteiger partial charge in [0, 0.05) is 11.1 Å². The normalized spacial score (nSPS) is 12.7. The van der Waals surface area contributed by atoms with Gasteiger partial charge in [-0.2, -0.15) is 13.2 Å². The first-order valence-electron chi connectivity index (χ1n) is 8.65. The maximum absolute atomic E-state index is 12.8. The second-order valence-electron chi connectivity index (χ2n) is 6.51. The van der Waals surface area contributed by atoms with Gasteiger partial charge < -0.3 is 19.2 Å². The van der Waals surface area contributed by atoms with Gasteiger partial charge in [-0.3, -0.25) is 0 Å². The summed E-state index contributed by atoms with van der Waals surface area (Å²) in [6, 6.07) is 17.6. The van der Waals surface area contributed by atoms with E-state index >= 15 is 0 Å². The second-order valence-corrected chi connectivity index (χ2v) is 6.51. The van der Waals surface area contributed by atoms with Gasteiger partial charge in [-0.05, 0) is 24.3 Å². The van der Waals surface area contributed by atoms with Crippen LogP contribution in [0.15, 0.2) is 71.1 Å². The van der Waals surface area contributed by atoms with Gasteiger partial charge in [0.15, 0.2) is 5.76 Å². The highest BCUT2D eigenvalue weighted by Crippen LogP contribution is 2.29.